The molecule has 1 amide bonds. The average Bonchev–Trinajstić information content (AvgIpc) is 3.23. The standard InChI is InChI=1S/C25H30F3N7O3/c1-24(2,3)38-23(36)35-8-5-15(6-9-35)7-10-37-22-17(25(26,27)28)11-16(14-30-22)18-12-20-21(19(13-29)31-18)32-33-34(20)4/h11-12,14-15,32-33H,5-10H2,1-4H3. The fourth-order valence-corrected chi connectivity index (χ4v) is 4.31. The van der Waals surface area contributed by atoms with Crippen molar-refractivity contribution < 1.29 is 27.4 Å². The second-order valence-electron chi connectivity index (χ2n) is 10.3. The number of rotatable bonds is 5. The number of nitriles is 1. The van der Waals surface area contributed by atoms with E-state index in [2.05, 4.69) is 20.9 Å². The number of hydrogen-bond acceptors (Lipinski definition) is 9. The molecule has 0 saturated carbocycles. The van der Waals surface area contributed by atoms with Crippen molar-refractivity contribution in [3.63, 3.8) is 0 Å². The van der Waals surface area contributed by atoms with E-state index in [1.807, 2.05) is 26.8 Å². The van der Waals surface area contributed by atoms with Crippen molar-refractivity contribution in [3.8, 4) is 23.2 Å². The van der Waals surface area contributed by atoms with Gasteiger partial charge in [-0.2, -0.15) is 18.4 Å². The number of hydrogen-bond donors (Lipinski definition) is 2. The van der Waals surface area contributed by atoms with Gasteiger partial charge in [0.2, 0.25) is 5.88 Å². The molecule has 204 valence electrons. The zero-order valence-corrected chi connectivity index (χ0v) is 21.6. The predicted octanol–water partition coefficient (Wildman–Crippen LogP) is 4.73. The maximum atomic E-state index is 13.9. The molecule has 0 unspecified atom stereocenters. The first kappa shape index (κ1) is 27.3. The summed E-state index contributed by atoms with van der Waals surface area (Å²) in [6.07, 6.45) is -1.84. The van der Waals surface area contributed by atoms with Gasteiger partial charge < -0.3 is 14.4 Å². The van der Waals surface area contributed by atoms with Crippen LogP contribution < -0.4 is 20.7 Å². The van der Waals surface area contributed by atoms with Gasteiger partial charge in [0, 0.05) is 31.9 Å². The number of pyridine rings is 2. The lowest BCUT2D eigenvalue weighted by molar-refractivity contribution is -0.139. The van der Waals surface area contributed by atoms with E-state index in [4.69, 9.17) is 9.47 Å². The summed E-state index contributed by atoms with van der Waals surface area (Å²) in [5.74, 6) is -0.295. The van der Waals surface area contributed by atoms with E-state index in [-0.39, 0.29) is 35.6 Å². The van der Waals surface area contributed by atoms with Gasteiger partial charge in [0.05, 0.1) is 18.0 Å². The highest BCUT2D eigenvalue weighted by Crippen LogP contribution is 2.39. The van der Waals surface area contributed by atoms with Gasteiger partial charge in [0.25, 0.3) is 0 Å². The van der Waals surface area contributed by atoms with Crippen LogP contribution in [-0.4, -0.2) is 53.3 Å². The minimum absolute atomic E-state index is 0.0425. The molecule has 0 aliphatic carbocycles. The lowest BCUT2D eigenvalue weighted by Gasteiger charge is -2.33. The first-order chi connectivity index (χ1) is 17.9. The maximum Gasteiger partial charge on any atom is 0.421 e. The van der Waals surface area contributed by atoms with Gasteiger partial charge in [0.1, 0.15) is 22.9 Å². The maximum absolute atomic E-state index is 13.9. The fourth-order valence-electron chi connectivity index (χ4n) is 4.31. The summed E-state index contributed by atoms with van der Waals surface area (Å²) >= 11 is 0. The number of fused-ring (bicyclic) bond motifs is 1. The van der Waals surface area contributed by atoms with E-state index in [1.54, 1.807) is 23.0 Å². The van der Waals surface area contributed by atoms with E-state index in [0.717, 1.165) is 6.07 Å². The molecule has 1 fully saturated rings. The number of carbonyl (C=O) groups is 1. The molecule has 0 radical (unpaired) electrons. The van der Waals surface area contributed by atoms with E-state index >= 15 is 0 Å². The van der Waals surface area contributed by atoms with Gasteiger partial charge in [-0.1, -0.05) is 0 Å². The summed E-state index contributed by atoms with van der Waals surface area (Å²) in [5, 5.41) is 11.0. The molecular formula is C25H30F3N7O3. The highest BCUT2D eigenvalue weighted by molar-refractivity contribution is 5.81. The normalized spacial score (nSPS) is 16.1. The van der Waals surface area contributed by atoms with Crippen LogP contribution in [0.4, 0.5) is 29.3 Å². The molecule has 1 saturated heterocycles. The van der Waals surface area contributed by atoms with E-state index in [9.17, 15) is 23.2 Å². The van der Waals surface area contributed by atoms with Gasteiger partial charge in [-0.05, 0) is 58.1 Å². The van der Waals surface area contributed by atoms with Crippen molar-refractivity contribution in [3.05, 3.63) is 29.6 Å². The number of aromatic nitrogens is 2. The quantitative estimate of drug-likeness (QED) is 0.563. The Morgan fingerprint density at radius 3 is 2.58 bits per heavy atom. The van der Waals surface area contributed by atoms with Crippen LogP contribution in [0.1, 0.15) is 51.3 Å². The molecule has 0 bridgehead atoms. The Labute approximate surface area is 218 Å². The molecule has 2 aromatic rings. The highest BCUT2D eigenvalue weighted by Gasteiger charge is 2.36. The van der Waals surface area contributed by atoms with Crippen LogP contribution in [0.15, 0.2) is 18.3 Å². The Balaban J connectivity index is 1.42. The molecule has 13 heteroatoms. The van der Waals surface area contributed by atoms with Gasteiger partial charge >= 0.3 is 12.3 Å². The van der Waals surface area contributed by atoms with Crippen molar-refractivity contribution in [1.29, 1.82) is 5.26 Å². The number of likely N-dealkylation sites (tertiary alicyclic amines) is 1. The second kappa shape index (κ2) is 10.5. The number of anilines is 2. The number of nitrogens with zero attached hydrogens (tertiary/aromatic N) is 5. The van der Waals surface area contributed by atoms with Crippen molar-refractivity contribution in [1.82, 2.24) is 20.4 Å². The fraction of sp³-hybridized carbons (Fsp3) is 0.520. The molecule has 10 nitrogen and oxygen atoms in total. The number of nitrogens with one attached hydrogen (secondary N) is 2. The Hall–Kier alpha value is -3.79. The van der Waals surface area contributed by atoms with E-state index in [1.165, 1.54) is 6.20 Å². The lowest BCUT2D eigenvalue weighted by atomic mass is 9.94. The third-order valence-electron chi connectivity index (χ3n) is 6.30. The molecule has 4 rings (SSSR count). The first-order valence-corrected chi connectivity index (χ1v) is 12.2. The Kier molecular flexibility index (Phi) is 7.55. The zero-order chi connectivity index (χ0) is 27.7. The van der Waals surface area contributed by atoms with E-state index in [0.29, 0.717) is 43.7 Å². The van der Waals surface area contributed by atoms with Crippen molar-refractivity contribution in [2.75, 3.05) is 37.2 Å². The number of carbonyl (C=O) groups excluding carboxylic acids is 1. The third-order valence-corrected chi connectivity index (χ3v) is 6.30. The molecule has 2 N–H and O–H groups in total. The van der Waals surface area contributed by atoms with Crippen molar-refractivity contribution in [2.24, 2.45) is 5.92 Å². The molecule has 2 aliphatic rings. The van der Waals surface area contributed by atoms with Crippen LogP contribution in [0.3, 0.4) is 0 Å². The summed E-state index contributed by atoms with van der Waals surface area (Å²) in [6.45, 7) is 6.54. The SMILES string of the molecule is CN1NNc2c1cc(-c1cnc(OCCC3CCN(C(=O)OC(C)(C)C)CC3)c(C(F)(F)F)c1)nc2C#N. The van der Waals surface area contributed by atoms with Gasteiger partial charge in [-0.3, -0.25) is 10.4 Å². The molecule has 0 atom stereocenters. The van der Waals surface area contributed by atoms with Crippen LogP contribution in [0.2, 0.25) is 0 Å². The smallest absolute Gasteiger partial charge is 0.421 e. The van der Waals surface area contributed by atoms with Gasteiger partial charge in [-0.15, -0.1) is 5.53 Å². The summed E-state index contributed by atoms with van der Waals surface area (Å²) in [6, 6.07) is 4.47. The zero-order valence-electron chi connectivity index (χ0n) is 21.6. The summed E-state index contributed by atoms with van der Waals surface area (Å²) < 4.78 is 52.6. The van der Waals surface area contributed by atoms with Crippen molar-refractivity contribution in [2.45, 2.75) is 51.8 Å². The topological polar surface area (TPSA) is 116 Å². The van der Waals surface area contributed by atoms with Crippen LogP contribution in [-0.2, 0) is 10.9 Å². The predicted molar refractivity (Wildman–Crippen MR) is 133 cm³/mol. The van der Waals surface area contributed by atoms with Gasteiger partial charge in [-0.25, -0.2) is 14.8 Å². The molecule has 0 spiro atoms. The minimum atomic E-state index is -4.70. The van der Waals surface area contributed by atoms with Crippen LogP contribution in [0.5, 0.6) is 5.88 Å². The van der Waals surface area contributed by atoms with Crippen LogP contribution in [0.25, 0.3) is 11.3 Å². The Morgan fingerprint density at radius 2 is 1.95 bits per heavy atom. The Morgan fingerprint density at radius 1 is 1.24 bits per heavy atom. The number of amides is 1. The molecule has 4 heterocycles. The highest BCUT2D eigenvalue weighted by atomic mass is 19.4. The average molecular weight is 534 g/mol. The minimum Gasteiger partial charge on any atom is -0.477 e. The largest absolute Gasteiger partial charge is 0.477 e. The first-order valence-electron chi connectivity index (χ1n) is 12.2. The van der Waals surface area contributed by atoms with E-state index < -0.39 is 23.2 Å². The summed E-state index contributed by atoms with van der Waals surface area (Å²) in [5.41, 5.74) is 5.37. The monoisotopic (exact) mass is 533 g/mol. The third kappa shape index (κ3) is 6.19. The van der Waals surface area contributed by atoms with Crippen LogP contribution >= 0.6 is 0 Å². The molecule has 2 aliphatic heterocycles. The number of halogens is 3. The number of alkyl halides is 3. The summed E-state index contributed by atoms with van der Waals surface area (Å²) in [4.78, 5) is 22.0. The van der Waals surface area contributed by atoms with Crippen molar-refractivity contribution >= 4 is 17.5 Å². The molecular weight excluding hydrogens is 503 g/mol. The molecule has 2 aromatic heterocycles. The number of piperidine rings is 1. The summed E-state index contributed by atoms with van der Waals surface area (Å²) in [7, 11) is 1.70. The van der Waals surface area contributed by atoms with Crippen LogP contribution in [0, 0.1) is 17.2 Å². The number of ether oxygens (including phenoxy) is 2. The van der Waals surface area contributed by atoms with Gasteiger partial charge in [0.15, 0.2) is 5.69 Å². The molecule has 38 heavy (non-hydrogen) atoms. The Bertz CT molecular complexity index is 1230. The lowest BCUT2D eigenvalue weighted by Crippen LogP contribution is -2.41. The second-order valence-corrected chi connectivity index (χ2v) is 10.3. The molecule has 0 aromatic carbocycles. The number of hydrazine groups is 2.